The molecule has 1 saturated carbocycles. The number of nitrogens with one attached hydrogen (secondary N) is 1. The molecule has 1 saturated heterocycles. The lowest BCUT2D eigenvalue weighted by Crippen LogP contribution is -2.60. The van der Waals surface area contributed by atoms with Crippen molar-refractivity contribution in [3.05, 3.63) is 24.3 Å². The van der Waals surface area contributed by atoms with E-state index in [9.17, 15) is 13.2 Å². The molecule has 3 atom stereocenters. The lowest BCUT2D eigenvalue weighted by molar-refractivity contribution is -0.152. The van der Waals surface area contributed by atoms with E-state index in [-0.39, 0.29) is 28.9 Å². The van der Waals surface area contributed by atoms with Crippen molar-refractivity contribution < 1.29 is 22.7 Å². The summed E-state index contributed by atoms with van der Waals surface area (Å²) in [6.07, 6.45) is 4.11. The van der Waals surface area contributed by atoms with Crippen molar-refractivity contribution in [1.82, 2.24) is 9.62 Å². The third kappa shape index (κ3) is 4.50. The number of nitrogens with zero attached hydrogens (tertiary/aromatic N) is 1. The molecule has 1 aromatic rings. The Morgan fingerprint density at radius 2 is 1.89 bits per heavy atom. The fourth-order valence-electron chi connectivity index (χ4n) is 4.01. The van der Waals surface area contributed by atoms with Gasteiger partial charge in [-0.25, -0.2) is 8.42 Å². The zero-order valence-corrected chi connectivity index (χ0v) is 17.6. The Balaban J connectivity index is 1.79. The average Bonchev–Trinajstić information content (AvgIpc) is 2.71. The van der Waals surface area contributed by atoms with Gasteiger partial charge in [0.05, 0.1) is 30.8 Å². The Bertz CT molecular complexity index is 776. The second kappa shape index (κ2) is 8.80. The molecule has 2 unspecified atom stereocenters. The molecular weight excluding hydrogens is 380 g/mol. The van der Waals surface area contributed by atoms with E-state index >= 15 is 0 Å². The maximum Gasteiger partial charge on any atom is 0.241 e. The zero-order valence-electron chi connectivity index (χ0n) is 16.8. The van der Waals surface area contributed by atoms with Crippen molar-refractivity contribution in [3.8, 4) is 5.75 Å². The SMILES string of the molecule is COc1ccc(S(=O)(=O)N[C@H](C(=O)N2CCOC3CCCCC32)C(C)C)cc1. The molecular formula is C20H30N2O5S. The van der Waals surface area contributed by atoms with Crippen molar-refractivity contribution in [2.24, 2.45) is 5.92 Å². The summed E-state index contributed by atoms with van der Waals surface area (Å²) >= 11 is 0. The molecule has 0 bridgehead atoms. The van der Waals surface area contributed by atoms with Crippen LogP contribution in [0.1, 0.15) is 39.5 Å². The second-order valence-corrected chi connectivity index (χ2v) is 9.53. The Morgan fingerprint density at radius 1 is 1.21 bits per heavy atom. The number of sulfonamides is 1. The van der Waals surface area contributed by atoms with E-state index in [4.69, 9.17) is 9.47 Å². The van der Waals surface area contributed by atoms with Crippen LogP contribution in [-0.4, -0.2) is 57.7 Å². The highest BCUT2D eigenvalue weighted by Gasteiger charge is 2.40. The van der Waals surface area contributed by atoms with Crippen LogP contribution in [0.15, 0.2) is 29.2 Å². The summed E-state index contributed by atoms with van der Waals surface area (Å²) in [6.45, 7) is 4.73. The van der Waals surface area contributed by atoms with E-state index < -0.39 is 16.1 Å². The van der Waals surface area contributed by atoms with Gasteiger partial charge in [-0.15, -0.1) is 0 Å². The molecule has 0 radical (unpaired) electrons. The molecule has 2 aliphatic rings. The van der Waals surface area contributed by atoms with E-state index in [0.29, 0.717) is 18.9 Å². The van der Waals surface area contributed by atoms with Crippen LogP contribution in [0, 0.1) is 5.92 Å². The van der Waals surface area contributed by atoms with Gasteiger partial charge in [0.15, 0.2) is 0 Å². The van der Waals surface area contributed by atoms with Gasteiger partial charge >= 0.3 is 0 Å². The highest BCUT2D eigenvalue weighted by atomic mass is 32.2. The maximum absolute atomic E-state index is 13.3. The van der Waals surface area contributed by atoms with Crippen molar-refractivity contribution in [3.63, 3.8) is 0 Å². The number of amides is 1. The summed E-state index contributed by atoms with van der Waals surface area (Å²) in [5.41, 5.74) is 0. The predicted octanol–water partition coefficient (Wildman–Crippen LogP) is 2.17. The summed E-state index contributed by atoms with van der Waals surface area (Å²) < 4.78 is 39.3. The Kier molecular flexibility index (Phi) is 6.62. The van der Waals surface area contributed by atoms with Gasteiger partial charge in [-0.1, -0.05) is 26.7 Å². The number of hydrogen-bond donors (Lipinski definition) is 1. The smallest absolute Gasteiger partial charge is 0.241 e. The highest BCUT2D eigenvalue weighted by Crippen LogP contribution is 2.29. The first-order valence-electron chi connectivity index (χ1n) is 9.92. The van der Waals surface area contributed by atoms with E-state index in [2.05, 4.69) is 4.72 Å². The van der Waals surface area contributed by atoms with Crippen LogP contribution < -0.4 is 9.46 Å². The standard InChI is InChI=1S/C20H30N2O5S/c1-14(2)19(21-28(24,25)16-10-8-15(26-3)9-11-16)20(23)22-12-13-27-18-7-5-4-6-17(18)22/h8-11,14,17-19,21H,4-7,12-13H2,1-3H3/t17?,18?,19-/m0/s1. The summed E-state index contributed by atoms with van der Waals surface area (Å²) in [5.74, 6) is 0.241. The number of morpholine rings is 1. The molecule has 156 valence electrons. The Labute approximate surface area is 167 Å². The first kappa shape index (κ1) is 21.1. The number of hydrogen-bond acceptors (Lipinski definition) is 5. The van der Waals surface area contributed by atoms with Gasteiger partial charge in [-0.3, -0.25) is 4.79 Å². The molecule has 1 aliphatic heterocycles. The van der Waals surface area contributed by atoms with Crippen molar-refractivity contribution >= 4 is 15.9 Å². The minimum absolute atomic E-state index is 0.0433. The maximum atomic E-state index is 13.3. The summed E-state index contributed by atoms with van der Waals surface area (Å²) in [4.78, 5) is 15.3. The third-order valence-corrected chi connectivity index (χ3v) is 7.06. The van der Waals surface area contributed by atoms with Gasteiger partial charge in [0, 0.05) is 6.54 Å². The van der Waals surface area contributed by atoms with E-state index in [1.807, 2.05) is 18.7 Å². The van der Waals surface area contributed by atoms with Crippen molar-refractivity contribution in [2.45, 2.75) is 62.6 Å². The highest BCUT2D eigenvalue weighted by molar-refractivity contribution is 7.89. The minimum atomic E-state index is -3.83. The topological polar surface area (TPSA) is 84.9 Å². The number of benzene rings is 1. The first-order chi connectivity index (χ1) is 13.3. The van der Waals surface area contributed by atoms with Crippen LogP contribution in [0.5, 0.6) is 5.75 Å². The van der Waals surface area contributed by atoms with Gasteiger partial charge in [0.25, 0.3) is 0 Å². The molecule has 28 heavy (non-hydrogen) atoms. The summed E-state index contributed by atoms with van der Waals surface area (Å²) in [7, 11) is -2.30. The van der Waals surface area contributed by atoms with Crippen LogP contribution >= 0.6 is 0 Å². The Morgan fingerprint density at radius 3 is 2.54 bits per heavy atom. The number of carbonyl (C=O) groups excluding carboxylic acids is 1. The number of carbonyl (C=O) groups is 1. The lowest BCUT2D eigenvalue weighted by atomic mass is 9.89. The molecule has 8 heteroatoms. The molecule has 7 nitrogen and oxygen atoms in total. The number of ether oxygens (including phenoxy) is 2. The van der Waals surface area contributed by atoms with Crippen molar-refractivity contribution in [1.29, 1.82) is 0 Å². The predicted molar refractivity (Wildman–Crippen MR) is 106 cm³/mol. The monoisotopic (exact) mass is 410 g/mol. The molecule has 1 aliphatic carbocycles. The van der Waals surface area contributed by atoms with Gasteiger partial charge in [0.1, 0.15) is 11.8 Å². The van der Waals surface area contributed by atoms with Crippen LogP contribution in [0.2, 0.25) is 0 Å². The lowest BCUT2D eigenvalue weighted by Gasteiger charge is -2.45. The van der Waals surface area contributed by atoms with Gasteiger partial charge in [0.2, 0.25) is 15.9 Å². The fourth-order valence-corrected chi connectivity index (χ4v) is 5.35. The fraction of sp³-hybridized carbons (Fsp3) is 0.650. The molecule has 0 aromatic heterocycles. The summed E-state index contributed by atoms with van der Waals surface area (Å²) in [5, 5.41) is 0. The van der Waals surface area contributed by atoms with E-state index in [1.54, 1.807) is 12.1 Å². The van der Waals surface area contributed by atoms with Crippen LogP contribution in [0.3, 0.4) is 0 Å². The van der Waals surface area contributed by atoms with Crippen LogP contribution in [-0.2, 0) is 19.6 Å². The Hall–Kier alpha value is -1.64. The quantitative estimate of drug-likeness (QED) is 0.777. The molecule has 1 heterocycles. The molecule has 3 rings (SSSR count). The van der Waals surface area contributed by atoms with Gasteiger partial charge < -0.3 is 14.4 Å². The van der Waals surface area contributed by atoms with E-state index in [0.717, 1.165) is 25.7 Å². The number of fused-ring (bicyclic) bond motifs is 1. The number of methoxy groups -OCH3 is 1. The molecule has 1 amide bonds. The minimum Gasteiger partial charge on any atom is -0.497 e. The third-order valence-electron chi connectivity index (χ3n) is 5.60. The normalized spacial score (nSPS) is 23.9. The van der Waals surface area contributed by atoms with Gasteiger partial charge in [-0.2, -0.15) is 4.72 Å². The van der Waals surface area contributed by atoms with Gasteiger partial charge in [-0.05, 0) is 43.0 Å². The number of rotatable bonds is 6. The largest absolute Gasteiger partial charge is 0.497 e. The zero-order chi connectivity index (χ0) is 20.3. The second-order valence-electron chi connectivity index (χ2n) is 7.81. The molecule has 2 fully saturated rings. The molecule has 1 aromatic carbocycles. The van der Waals surface area contributed by atoms with Crippen LogP contribution in [0.4, 0.5) is 0 Å². The van der Waals surface area contributed by atoms with Crippen LogP contribution in [0.25, 0.3) is 0 Å². The first-order valence-corrected chi connectivity index (χ1v) is 11.4. The molecule has 1 N–H and O–H groups in total. The molecule has 0 spiro atoms. The van der Waals surface area contributed by atoms with Crippen molar-refractivity contribution in [2.75, 3.05) is 20.3 Å². The summed E-state index contributed by atoms with van der Waals surface area (Å²) in [6, 6.07) is 5.38. The van der Waals surface area contributed by atoms with E-state index in [1.165, 1.54) is 19.2 Å². The average molecular weight is 411 g/mol.